The first kappa shape index (κ1) is 18.4. The van der Waals surface area contributed by atoms with Crippen molar-refractivity contribution in [1.82, 2.24) is 9.97 Å². The predicted molar refractivity (Wildman–Crippen MR) is 98.9 cm³/mol. The zero-order chi connectivity index (χ0) is 17.6. The zero-order valence-electron chi connectivity index (χ0n) is 14.7. The highest BCUT2D eigenvalue weighted by Gasteiger charge is 2.11. The summed E-state index contributed by atoms with van der Waals surface area (Å²) in [4.78, 5) is 8.67. The van der Waals surface area contributed by atoms with Gasteiger partial charge >= 0.3 is 0 Å². The molecule has 24 heavy (non-hydrogen) atoms. The van der Waals surface area contributed by atoms with Crippen LogP contribution in [0.3, 0.4) is 0 Å². The first-order valence-electron chi connectivity index (χ1n) is 8.04. The van der Waals surface area contributed by atoms with E-state index < -0.39 is 0 Å². The van der Waals surface area contributed by atoms with Crippen LogP contribution < -0.4 is 15.2 Å². The third-order valence-electron chi connectivity index (χ3n) is 2.97. The van der Waals surface area contributed by atoms with Crippen molar-refractivity contribution in [3.8, 4) is 11.5 Å². The highest BCUT2D eigenvalue weighted by molar-refractivity contribution is 7.99. The number of nitrogens with two attached hydrogens (primary N) is 1. The Labute approximate surface area is 148 Å². The van der Waals surface area contributed by atoms with E-state index in [2.05, 4.69) is 9.97 Å². The predicted octanol–water partition coefficient (Wildman–Crippen LogP) is 3.97. The molecule has 2 N–H and O–H groups in total. The quantitative estimate of drug-likeness (QED) is 0.464. The van der Waals surface area contributed by atoms with Gasteiger partial charge in [0.2, 0.25) is 0 Å². The van der Waals surface area contributed by atoms with Crippen LogP contribution >= 0.6 is 11.8 Å². The van der Waals surface area contributed by atoms with Crippen LogP contribution in [0.15, 0.2) is 35.5 Å². The minimum absolute atomic E-state index is 0.201. The second kappa shape index (κ2) is 8.24. The molecule has 0 radical (unpaired) electrons. The molecule has 1 heterocycles. The minimum atomic E-state index is -0.201. The summed E-state index contributed by atoms with van der Waals surface area (Å²) in [6.45, 7) is 8.70. The number of thioether (sulfide) groups is 1. The van der Waals surface area contributed by atoms with Crippen LogP contribution in [0, 0.1) is 0 Å². The fourth-order valence-electron chi connectivity index (χ4n) is 1.99. The van der Waals surface area contributed by atoms with Crippen molar-refractivity contribution in [2.45, 2.75) is 44.9 Å². The summed E-state index contributed by atoms with van der Waals surface area (Å²) in [7, 11) is 0. The van der Waals surface area contributed by atoms with E-state index >= 15 is 0 Å². The highest BCUT2D eigenvalue weighted by Crippen LogP contribution is 2.22. The van der Waals surface area contributed by atoms with Crippen molar-refractivity contribution in [2.75, 3.05) is 18.1 Å². The maximum Gasteiger partial charge on any atom is 0.189 e. The molecule has 0 unspecified atom stereocenters. The Bertz CT molecular complexity index is 654. The number of nitrogen functional groups attached to an aromatic ring is 1. The molecular formula is C18H25N3O2S. The van der Waals surface area contributed by atoms with Gasteiger partial charge in [-0.05, 0) is 51.5 Å². The van der Waals surface area contributed by atoms with Gasteiger partial charge in [0.25, 0.3) is 0 Å². The molecule has 1 aromatic carbocycles. The molecule has 0 atom stereocenters. The average molecular weight is 347 g/mol. The molecule has 0 aliphatic heterocycles. The van der Waals surface area contributed by atoms with Gasteiger partial charge in [0.15, 0.2) is 5.16 Å². The monoisotopic (exact) mass is 347 g/mol. The van der Waals surface area contributed by atoms with E-state index in [1.54, 1.807) is 11.8 Å². The van der Waals surface area contributed by atoms with Gasteiger partial charge in [-0.1, -0.05) is 18.7 Å². The Morgan fingerprint density at radius 2 is 1.75 bits per heavy atom. The van der Waals surface area contributed by atoms with Gasteiger partial charge in [-0.3, -0.25) is 0 Å². The highest BCUT2D eigenvalue weighted by atomic mass is 32.2. The van der Waals surface area contributed by atoms with E-state index in [4.69, 9.17) is 15.2 Å². The third kappa shape index (κ3) is 6.28. The first-order chi connectivity index (χ1) is 11.4. The van der Waals surface area contributed by atoms with E-state index in [0.717, 1.165) is 29.4 Å². The van der Waals surface area contributed by atoms with E-state index in [1.165, 1.54) is 0 Å². The van der Waals surface area contributed by atoms with Crippen LogP contribution in [-0.4, -0.2) is 27.9 Å². The average Bonchev–Trinajstić information content (AvgIpc) is 2.51. The molecule has 6 heteroatoms. The Morgan fingerprint density at radius 3 is 2.38 bits per heavy atom. The number of hydrogen-bond donors (Lipinski definition) is 1. The number of nitrogens with zero attached hydrogens (tertiary/aromatic N) is 2. The normalized spacial score (nSPS) is 11.3. The molecule has 0 amide bonds. The Morgan fingerprint density at radius 1 is 1.08 bits per heavy atom. The summed E-state index contributed by atoms with van der Waals surface area (Å²) >= 11 is 1.54. The van der Waals surface area contributed by atoms with Crippen LogP contribution in [0.25, 0.3) is 0 Å². The van der Waals surface area contributed by atoms with Gasteiger partial charge in [-0.2, -0.15) is 0 Å². The summed E-state index contributed by atoms with van der Waals surface area (Å²) in [5.41, 5.74) is 6.54. The van der Waals surface area contributed by atoms with E-state index in [9.17, 15) is 0 Å². The SMILES string of the molecule is CCc1cc(N)nc(SCCOc2ccc(OC(C)(C)C)cc2)n1. The second-order valence-electron chi connectivity index (χ2n) is 6.30. The summed E-state index contributed by atoms with van der Waals surface area (Å²) in [6, 6.07) is 9.47. The lowest BCUT2D eigenvalue weighted by atomic mass is 10.2. The van der Waals surface area contributed by atoms with Gasteiger partial charge in [0.05, 0.1) is 6.61 Å². The summed E-state index contributed by atoms with van der Waals surface area (Å²) in [6.07, 6.45) is 0.847. The van der Waals surface area contributed by atoms with Crippen molar-refractivity contribution in [1.29, 1.82) is 0 Å². The largest absolute Gasteiger partial charge is 0.493 e. The molecule has 0 fully saturated rings. The number of aryl methyl sites for hydroxylation is 1. The van der Waals surface area contributed by atoms with Crippen LogP contribution in [0.1, 0.15) is 33.4 Å². The summed E-state index contributed by atoms with van der Waals surface area (Å²) < 4.78 is 11.5. The van der Waals surface area contributed by atoms with Crippen molar-refractivity contribution in [3.05, 3.63) is 36.0 Å². The third-order valence-corrected chi connectivity index (χ3v) is 3.78. The fourth-order valence-corrected chi connectivity index (χ4v) is 2.69. The van der Waals surface area contributed by atoms with Gasteiger partial charge in [-0.25, -0.2) is 9.97 Å². The molecule has 1 aromatic heterocycles. The van der Waals surface area contributed by atoms with Gasteiger partial charge in [0, 0.05) is 17.5 Å². The second-order valence-corrected chi connectivity index (χ2v) is 7.37. The number of ether oxygens (including phenoxy) is 2. The summed E-state index contributed by atoms with van der Waals surface area (Å²) in [5.74, 6) is 2.93. The Balaban J connectivity index is 1.79. The van der Waals surface area contributed by atoms with Crippen LogP contribution in [0.4, 0.5) is 5.82 Å². The number of aromatic nitrogens is 2. The number of rotatable bonds is 7. The van der Waals surface area contributed by atoms with Gasteiger partial charge < -0.3 is 15.2 Å². The molecule has 0 aliphatic rings. The molecule has 0 bridgehead atoms. The molecule has 0 saturated heterocycles. The Hall–Kier alpha value is -1.95. The smallest absolute Gasteiger partial charge is 0.189 e. The zero-order valence-corrected chi connectivity index (χ0v) is 15.5. The molecule has 130 valence electrons. The standard InChI is InChI=1S/C18H25N3O2S/c1-5-13-12-16(19)21-17(20-13)24-11-10-22-14-6-8-15(9-7-14)23-18(2,3)4/h6-9,12H,5,10-11H2,1-4H3,(H2,19,20,21). The number of hydrogen-bond acceptors (Lipinski definition) is 6. The molecule has 2 aromatic rings. The van der Waals surface area contributed by atoms with Crippen molar-refractivity contribution >= 4 is 17.6 Å². The van der Waals surface area contributed by atoms with Gasteiger partial charge in [-0.15, -0.1) is 0 Å². The molecule has 0 saturated carbocycles. The van der Waals surface area contributed by atoms with E-state index in [-0.39, 0.29) is 5.60 Å². The lowest BCUT2D eigenvalue weighted by Gasteiger charge is -2.21. The topological polar surface area (TPSA) is 70.3 Å². The Kier molecular flexibility index (Phi) is 6.31. The maximum atomic E-state index is 5.79. The van der Waals surface area contributed by atoms with Crippen molar-refractivity contribution < 1.29 is 9.47 Å². The first-order valence-corrected chi connectivity index (χ1v) is 9.02. The van der Waals surface area contributed by atoms with Crippen molar-refractivity contribution in [3.63, 3.8) is 0 Å². The van der Waals surface area contributed by atoms with Gasteiger partial charge in [0.1, 0.15) is 22.9 Å². The number of benzene rings is 1. The van der Waals surface area contributed by atoms with E-state index in [1.807, 2.05) is 58.0 Å². The molecule has 0 aliphatic carbocycles. The fraction of sp³-hybridized carbons (Fsp3) is 0.444. The van der Waals surface area contributed by atoms with Crippen LogP contribution in [0.5, 0.6) is 11.5 Å². The number of anilines is 1. The lowest BCUT2D eigenvalue weighted by Crippen LogP contribution is -2.22. The summed E-state index contributed by atoms with van der Waals surface area (Å²) in [5, 5.41) is 0.698. The minimum Gasteiger partial charge on any atom is -0.493 e. The van der Waals surface area contributed by atoms with Crippen LogP contribution in [0.2, 0.25) is 0 Å². The molecule has 0 spiro atoms. The van der Waals surface area contributed by atoms with E-state index in [0.29, 0.717) is 17.6 Å². The lowest BCUT2D eigenvalue weighted by molar-refractivity contribution is 0.131. The van der Waals surface area contributed by atoms with Crippen molar-refractivity contribution in [2.24, 2.45) is 0 Å². The molecule has 2 rings (SSSR count). The molecule has 5 nitrogen and oxygen atoms in total. The maximum absolute atomic E-state index is 5.79. The van der Waals surface area contributed by atoms with Crippen LogP contribution in [-0.2, 0) is 6.42 Å². The molecular weight excluding hydrogens is 322 g/mol.